The molecule has 4 fully saturated rings. The Morgan fingerprint density at radius 1 is 1.05 bits per heavy atom. The maximum atomic E-state index is 14.5. The van der Waals surface area contributed by atoms with Crippen molar-refractivity contribution >= 4 is 21.6 Å². The van der Waals surface area contributed by atoms with Crippen LogP contribution in [0, 0.1) is 62.6 Å². The van der Waals surface area contributed by atoms with Crippen LogP contribution in [-0.4, -0.2) is 31.8 Å². The highest BCUT2D eigenvalue weighted by Gasteiger charge is 2.70. The number of allylic oxidation sites excluding steroid dienone is 2. The van der Waals surface area contributed by atoms with Crippen LogP contribution in [0.2, 0.25) is 0 Å². The molecule has 6 nitrogen and oxygen atoms in total. The van der Waals surface area contributed by atoms with Gasteiger partial charge in [-0.3, -0.25) is 9.59 Å². The van der Waals surface area contributed by atoms with Crippen molar-refractivity contribution in [1.82, 2.24) is 4.72 Å². The third-order valence-corrected chi connectivity index (χ3v) is 13.2. The van der Waals surface area contributed by atoms with Crippen molar-refractivity contribution in [3.8, 4) is 6.07 Å². The quantitative estimate of drug-likeness (QED) is 0.318. The van der Waals surface area contributed by atoms with Gasteiger partial charge < -0.3 is 0 Å². The molecule has 1 N–H and O–H groups in total. The lowest BCUT2D eigenvalue weighted by Crippen LogP contribution is -2.71. The van der Waals surface area contributed by atoms with E-state index in [1.165, 1.54) is 13.2 Å². The van der Waals surface area contributed by atoms with Gasteiger partial charge in [0.25, 0.3) is 0 Å². The highest BCUT2D eigenvalue weighted by Crippen LogP contribution is 2.73. The molecule has 0 bridgehead atoms. The SMILES string of the molecule is CC(=O)/C(C#N)=C\[C@]1(C)[C@H]2CC(=O)[C@@H]3[C@@H]4CC(C)(C)CC[C@]4(NS(C)(=O)=O)CC[C@@]3(C)[C@]2(C)CC[C@H]1C(C)C. The Labute approximate surface area is 236 Å². The molecule has 0 saturated heterocycles. The lowest BCUT2D eigenvalue weighted by atomic mass is 9.33. The largest absolute Gasteiger partial charge is 0.299 e. The van der Waals surface area contributed by atoms with Gasteiger partial charge in [-0.25, -0.2) is 13.1 Å². The van der Waals surface area contributed by atoms with Crippen LogP contribution in [0.5, 0.6) is 0 Å². The van der Waals surface area contributed by atoms with E-state index in [0.29, 0.717) is 12.3 Å². The average molecular weight is 559 g/mol. The number of carbonyl (C=O) groups is 2. The van der Waals surface area contributed by atoms with Gasteiger partial charge in [0.15, 0.2) is 5.78 Å². The van der Waals surface area contributed by atoms with Crippen LogP contribution in [0.3, 0.4) is 0 Å². The molecule has 4 aliphatic rings. The van der Waals surface area contributed by atoms with Crippen LogP contribution in [-0.2, 0) is 19.6 Å². The van der Waals surface area contributed by atoms with Crippen LogP contribution in [0.1, 0.15) is 107 Å². The Balaban J connectivity index is 1.88. The molecule has 0 unspecified atom stereocenters. The smallest absolute Gasteiger partial charge is 0.209 e. The van der Waals surface area contributed by atoms with Gasteiger partial charge in [-0.1, -0.05) is 54.5 Å². The zero-order valence-corrected chi connectivity index (χ0v) is 26.4. The average Bonchev–Trinajstić information content (AvgIpc) is 2.78. The maximum absolute atomic E-state index is 14.5. The molecule has 0 aliphatic heterocycles. The number of ketones is 2. The first-order valence-corrected chi connectivity index (χ1v) is 16.8. The molecule has 4 aliphatic carbocycles. The van der Waals surface area contributed by atoms with Crippen molar-refractivity contribution in [3.05, 3.63) is 11.6 Å². The summed E-state index contributed by atoms with van der Waals surface area (Å²) in [6, 6.07) is 2.15. The van der Waals surface area contributed by atoms with Crippen molar-refractivity contribution in [1.29, 1.82) is 5.26 Å². The van der Waals surface area contributed by atoms with E-state index >= 15 is 0 Å². The number of nitrogens with one attached hydrogen (secondary N) is 1. The minimum absolute atomic E-state index is 0.00886. The summed E-state index contributed by atoms with van der Waals surface area (Å²) in [5.41, 5.74) is -1.28. The summed E-state index contributed by atoms with van der Waals surface area (Å²) in [6.45, 7) is 17.3. The molecule has 0 radical (unpaired) electrons. The number of nitriles is 1. The summed E-state index contributed by atoms with van der Waals surface area (Å²) >= 11 is 0. The highest BCUT2D eigenvalue weighted by molar-refractivity contribution is 7.88. The summed E-state index contributed by atoms with van der Waals surface area (Å²) in [5, 5.41) is 9.85. The minimum atomic E-state index is -3.45. The van der Waals surface area contributed by atoms with Gasteiger partial charge in [0.1, 0.15) is 11.9 Å². The van der Waals surface area contributed by atoms with Crippen LogP contribution < -0.4 is 4.72 Å². The Morgan fingerprint density at radius 2 is 1.67 bits per heavy atom. The van der Waals surface area contributed by atoms with Gasteiger partial charge in [0, 0.05) is 17.9 Å². The van der Waals surface area contributed by atoms with Gasteiger partial charge >= 0.3 is 0 Å². The fourth-order valence-corrected chi connectivity index (χ4v) is 11.5. The first-order chi connectivity index (χ1) is 17.8. The number of Topliss-reactive ketones (excluding diaryl/α,β-unsaturated/α-hetero) is 2. The minimum Gasteiger partial charge on any atom is -0.299 e. The molecule has 0 heterocycles. The van der Waals surface area contributed by atoms with Crippen LogP contribution in [0.25, 0.3) is 0 Å². The lowest BCUT2D eigenvalue weighted by Gasteiger charge is -2.71. The van der Waals surface area contributed by atoms with Crippen molar-refractivity contribution in [2.75, 3.05) is 6.26 Å². The Bertz CT molecular complexity index is 1230. The van der Waals surface area contributed by atoms with Gasteiger partial charge in [-0.2, -0.15) is 5.26 Å². The normalized spacial score (nSPS) is 44.1. The fourth-order valence-electron chi connectivity index (χ4n) is 10.4. The van der Waals surface area contributed by atoms with Gasteiger partial charge in [-0.05, 0) is 97.2 Å². The van der Waals surface area contributed by atoms with E-state index in [-0.39, 0.29) is 57.1 Å². The van der Waals surface area contributed by atoms with Crippen LogP contribution >= 0.6 is 0 Å². The Hall–Kier alpha value is -1.52. The highest BCUT2D eigenvalue weighted by atomic mass is 32.2. The summed E-state index contributed by atoms with van der Waals surface area (Å²) in [7, 11) is -3.45. The topological polar surface area (TPSA) is 104 Å². The van der Waals surface area contributed by atoms with E-state index < -0.39 is 21.0 Å². The van der Waals surface area contributed by atoms with Crippen molar-refractivity contribution in [2.24, 2.45) is 51.2 Å². The van der Waals surface area contributed by atoms with Crippen molar-refractivity contribution in [3.63, 3.8) is 0 Å². The molecule has 0 aromatic carbocycles. The first-order valence-electron chi connectivity index (χ1n) is 14.9. The van der Waals surface area contributed by atoms with E-state index in [9.17, 15) is 23.3 Å². The molecule has 0 aromatic rings. The van der Waals surface area contributed by atoms with E-state index in [4.69, 9.17) is 0 Å². The second-order valence-corrected chi connectivity index (χ2v) is 17.3. The van der Waals surface area contributed by atoms with E-state index in [0.717, 1.165) is 44.9 Å². The second kappa shape index (κ2) is 9.51. The molecule has 4 rings (SSSR count). The molecule has 7 heteroatoms. The molecular weight excluding hydrogens is 508 g/mol. The van der Waals surface area contributed by atoms with Crippen LogP contribution in [0.15, 0.2) is 11.6 Å². The standard InChI is InChI=1S/C32H50N2O4S/c1-20(2)23-10-11-30(7)26(29(23,6)17-22(19-33)21(3)35)16-25(36)27-24-18-28(4,5)12-14-32(24,34-39(9,37)38)15-13-31(27,30)8/h17,20,23-24,26-27,34H,10-16,18H2,1-9H3/b22-17-/t23-,24-,26+,27-,29-,30+,31+,32-/m0/s1. The first kappa shape index (κ1) is 30.4. The fraction of sp³-hybridized carbons (Fsp3) is 0.844. The third kappa shape index (κ3) is 4.76. The maximum Gasteiger partial charge on any atom is 0.209 e. The summed E-state index contributed by atoms with van der Waals surface area (Å²) in [5.74, 6) is 0.375. The van der Waals surface area contributed by atoms with E-state index in [1.807, 2.05) is 6.08 Å². The van der Waals surface area contributed by atoms with Gasteiger partial charge in [0.2, 0.25) is 10.0 Å². The zero-order chi connectivity index (χ0) is 29.4. The van der Waals surface area contributed by atoms with Crippen molar-refractivity contribution in [2.45, 2.75) is 112 Å². The molecule has 0 spiro atoms. The predicted molar refractivity (Wildman–Crippen MR) is 154 cm³/mol. The molecule has 218 valence electrons. The number of rotatable bonds is 5. The number of carbonyl (C=O) groups excluding carboxylic acids is 2. The second-order valence-electron chi connectivity index (χ2n) is 15.5. The Morgan fingerprint density at radius 3 is 2.21 bits per heavy atom. The molecular formula is C32H50N2O4S. The van der Waals surface area contributed by atoms with Crippen molar-refractivity contribution < 1.29 is 18.0 Å². The number of hydrogen-bond acceptors (Lipinski definition) is 5. The van der Waals surface area contributed by atoms with E-state index in [1.54, 1.807) is 0 Å². The van der Waals surface area contributed by atoms with Gasteiger partial charge in [0.05, 0.1) is 11.8 Å². The summed E-state index contributed by atoms with van der Waals surface area (Å²) in [6.07, 6.45) is 9.62. The van der Waals surface area contributed by atoms with E-state index in [2.05, 4.69) is 59.3 Å². The zero-order valence-electron chi connectivity index (χ0n) is 25.6. The number of sulfonamides is 1. The molecule has 8 atom stereocenters. The monoisotopic (exact) mass is 558 g/mol. The van der Waals surface area contributed by atoms with Crippen LogP contribution in [0.4, 0.5) is 0 Å². The number of nitrogens with zero attached hydrogens (tertiary/aromatic N) is 1. The molecule has 39 heavy (non-hydrogen) atoms. The summed E-state index contributed by atoms with van der Waals surface area (Å²) < 4.78 is 28.4. The molecule has 0 amide bonds. The molecule has 4 saturated carbocycles. The number of fused-ring (bicyclic) bond motifs is 5. The third-order valence-electron chi connectivity index (χ3n) is 12.4. The lowest BCUT2D eigenvalue weighted by molar-refractivity contribution is -0.209. The number of hydrogen-bond donors (Lipinski definition) is 1. The van der Waals surface area contributed by atoms with Gasteiger partial charge in [-0.15, -0.1) is 0 Å². The Kier molecular flexibility index (Phi) is 7.42. The summed E-state index contributed by atoms with van der Waals surface area (Å²) in [4.78, 5) is 26.9. The molecule has 0 aromatic heterocycles. The predicted octanol–water partition coefficient (Wildman–Crippen LogP) is 6.22.